The number of alkyl halides is 3. The van der Waals surface area contributed by atoms with E-state index in [1.165, 1.54) is 6.92 Å². The molecule has 0 heterocycles. The maximum Gasteiger partial charge on any atom is 0.443 e. The number of hydrogen-bond acceptors (Lipinski definition) is 4. The van der Waals surface area contributed by atoms with Crippen molar-refractivity contribution < 1.29 is 27.9 Å². The number of rotatable bonds is 2. The average molecular weight is 185 g/mol. The Labute approximate surface area is 65.6 Å². The van der Waals surface area contributed by atoms with Gasteiger partial charge in [-0.05, 0) is 6.92 Å². The normalized spacial score (nSPS) is 12.8. The summed E-state index contributed by atoms with van der Waals surface area (Å²) in [6.45, 7) is 1.12. The van der Waals surface area contributed by atoms with Crippen LogP contribution in [-0.2, 0) is 9.53 Å². The number of esters is 1. The minimum atomic E-state index is -4.99. The van der Waals surface area contributed by atoms with E-state index in [-0.39, 0.29) is 6.61 Å². The number of oxime groups is 1. The van der Waals surface area contributed by atoms with Crippen LogP contribution in [0.1, 0.15) is 6.92 Å². The highest BCUT2D eigenvalue weighted by molar-refractivity contribution is 6.38. The molecule has 0 amide bonds. The van der Waals surface area contributed by atoms with Crippen molar-refractivity contribution in [2.24, 2.45) is 5.16 Å². The molecule has 7 heteroatoms. The Hall–Kier alpha value is -1.27. The molecule has 0 aliphatic heterocycles. The van der Waals surface area contributed by atoms with Crippen molar-refractivity contribution in [3.05, 3.63) is 0 Å². The van der Waals surface area contributed by atoms with Crippen molar-refractivity contribution in [3.8, 4) is 0 Å². The van der Waals surface area contributed by atoms with E-state index in [0.29, 0.717) is 0 Å². The Bertz CT molecular complexity index is 199. The Balaban J connectivity index is 4.49. The third-order valence-corrected chi connectivity index (χ3v) is 0.837. The molecule has 0 aliphatic carbocycles. The van der Waals surface area contributed by atoms with Crippen molar-refractivity contribution in [2.75, 3.05) is 6.61 Å². The number of hydrogen-bond donors (Lipinski definition) is 1. The van der Waals surface area contributed by atoms with E-state index >= 15 is 0 Å². The summed E-state index contributed by atoms with van der Waals surface area (Å²) >= 11 is 0. The Kier molecular flexibility index (Phi) is 3.52. The van der Waals surface area contributed by atoms with Crippen LogP contribution in [0.5, 0.6) is 0 Å². The Morgan fingerprint density at radius 1 is 1.58 bits per heavy atom. The lowest BCUT2D eigenvalue weighted by Gasteiger charge is -2.06. The highest BCUT2D eigenvalue weighted by Gasteiger charge is 2.42. The fraction of sp³-hybridized carbons (Fsp3) is 0.600. The summed E-state index contributed by atoms with van der Waals surface area (Å²) in [6.07, 6.45) is -4.99. The molecule has 0 unspecified atom stereocenters. The number of ether oxygens (including phenoxy) is 1. The number of carbonyl (C=O) groups excluding carboxylic acids is 1. The van der Waals surface area contributed by atoms with Crippen LogP contribution in [0.15, 0.2) is 5.16 Å². The summed E-state index contributed by atoms with van der Waals surface area (Å²) in [6, 6.07) is 0. The van der Waals surface area contributed by atoms with Crippen molar-refractivity contribution in [3.63, 3.8) is 0 Å². The Morgan fingerprint density at radius 2 is 2.08 bits per heavy atom. The van der Waals surface area contributed by atoms with Crippen LogP contribution in [0.4, 0.5) is 13.2 Å². The van der Waals surface area contributed by atoms with Gasteiger partial charge in [0.05, 0.1) is 6.61 Å². The lowest BCUT2D eigenvalue weighted by Crippen LogP contribution is -2.32. The quantitative estimate of drug-likeness (QED) is 0.301. The molecule has 0 aliphatic rings. The van der Waals surface area contributed by atoms with E-state index in [9.17, 15) is 18.0 Å². The molecule has 0 saturated heterocycles. The van der Waals surface area contributed by atoms with Crippen LogP contribution < -0.4 is 0 Å². The fourth-order valence-electron chi connectivity index (χ4n) is 0.413. The first kappa shape index (κ1) is 10.7. The third-order valence-electron chi connectivity index (χ3n) is 0.837. The van der Waals surface area contributed by atoms with Gasteiger partial charge >= 0.3 is 12.1 Å². The van der Waals surface area contributed by atoms with Crippen LogP contribution in [-0.4, -0.2) is 29.7 Å². The average Bonchev–Trinajstić information content (AvgIpc) is 1.85. The van der Waals surface area contributed by atoms with Gasteiger partial charge in [-0.2, -0.15) is 13.2 Å². The van der Waals surface area contributed by atoms with Gasteiger partial charge < -0.3 is 9.94 Å². The maximum atomic E-state index is 11.7. The monoisotopic (exact) mass is 185 g/mol. The van der Waals surface area contributed by atoms with Gasteiger partial charge in [-0.15, -0.1) is 0 Å². The smallest absolute Gasteiger partial charge is 0.443 e. The number of nitrogens with zero attached hydrogens (tertiary/aromatic N) is 1. The second-order valence-corrected chi connectivity index (χ2v) is 1.67. The highest BCUT2D eigenvalue weighted by atomic mass is 19.4. The van der Waals surface area contributed by atoms with Gasteiger partial charge in [0.1, 0.15) is 0 Å². The van der Waals surface area contributed by atoms with Crippen LogP contribution in [0.3, 0.4) is 0 Å². The molecular weight excluding hydrogens is 179 g/mol. The first-order chi connectivity index (χ1) is 5.43. The van der Waals surface area contributed by atoms with E-state index in [1.807, 2.05) is 0 Å². The van der Waals surface area contributed by atoms with Gasteiger partial charge in [0.25, 0.3) is 5.71 Å². The van der Waals surface area contributed by atoms with Gasteiger partial charge in [-0.25, -0.2) is 4.79 Å². The molecule has 12 heavy (non-hydrogen) atoms. The molecule has 0 radical (unpaired) electrons. The summed E-state index contributed by atoms with van der Waals surface area (Å²) in [4.78, 5) is 10.4. The largest absolute Gasteiger partial charge is 0.461 e. The second kappa shape index (κ2) is 3.93. The van der Waals surface area contributed by atoms with E-state index in [1.54, 1.807) is 5.16 Å². The van der Waals surface area contributed by atoms with E-state index in [0.717, 1.165) is 0 Å². The SMILES string of the molecule is CCOC(=O)C(=NO)C(F)(F)F. The zero-order valence-electron chi connectivity index (χ0n) is 6.05. The van der Waals surface area contributed by atoms with Gasteiger partial charge in [-0.3, -0.25) is 0 Å². The molecule has 0 atom stereocenters. The van der Waals surface area contributed by atoms with Gasteiger partial charge in [0.15, 0.2) is 0 Å². The Morgan fingerprint density at radius 3 is 2.33 bits per heavy atom. The summed E-state index contributed by atoms with van der Waals surface area (Å²) < 4.78 is 39.1. The molecule has 0 spiro atoms. The summed E-state index contributed by atoms with van der Waals surface area (Å²) in [5.74, 6) is -1.69. The lowest BCUT2D eigenvalue weighted by atomic mass is 10.4. The van der Waals surface area contributed by atoms with E-state index in [2.05, 4.69) is 4.74 Å². The highest BCUT2D eigenvalue weighted by Crippen LogP contribution is 2.17. The molecule has 0 aromatic carbocycles. The van der Waals surface area contributed by atoms with Crippen LogP contribution in [0, 0.1) is 0 Å². The predicted octanol–water partition coefficient (Wildman–Crippen LogP) is 0.942. The van der Waals surface area contributed by atoms with Crippen molar-refractivity contribution >= 4 is 11.7 Å². The molecular formula is C5H6F3NO3. The van der Waals surface area contributed by atoms with Gasteiger partial charge in [0.2, 0.25) is 0 Å². The topological polar surface area (TPSA) is 58.9 Å². The lowest BCUT2D eigenvalue weighted by molar-refractivity contribution is -0.139. The molecule has 0 aromatic rings. The zero-order chi connectivity index (χ0) is 9.78. The van der Waals surface area contributed by atoms with Crippen molar-refractivity contribution in [1.29, 1.82) is 0 Å². The third kappa shape index (κ3) is 2.77. The first-order valence-electron chi connectivity index (χ1n) is 2.89. The van der Waals surface area contributed by atoms with E-state index < -0.39 is 17.9 Å². The molecule has 70 valence electrons. The standard InChI is InChI=1S/C5H6F3NO3/c1-2-12-4(10)3(9-11)5(6,7)8/h11H,2H2,1H3. The summed E-state index contributed by atoms with van der Waals surface area (Å²) in [7, 11) is 0. The fourth-order valence-corrected chi connectivity index (χ4v) is 0.413. The predicted molar refractivity (Wildman–Crippen MR) is 31.9 cm³/mol. The molecule has 0 bridgehead atoms. The molecule has 0 saturated carbocycles. The number of halogens is 3. The van der Waals surface area contributed by atoms with Crippen LogP contribution in [0.25, 0.3) is 0 Å². The van der Waals surface area contributed by atoms with Gasteiger partial charge in [0, 0.05) is 0 Å². The molecule has 1 N–H and O–H groups in total. The number of carbonyl (C=O) groups is 1. The van der Waals surface area contributed by atoms with E-state index in [4.69, 9.17) is 5.21 Å². The molecule has 0 rings (SSSR count). The van der Waals surface area contributed by atoms with Crippen LogP contribution >= 0.6 is 0 Å². The molecule has 0 aromatic heterocycles. The minimum Gasteiger partial charge on any atom is -0.461 e. The molecule has 0 fully saturated rings. The maximum absolute atomic E-state index is 11.7. The second-order valence-electron chi connectivity index (χ2n) is 1.67. The molecule has 4 nitrogen and oxygen atoms in total. The van der Waals surface area contributed by atoms with Crippen LogP contribution in [0.2, 0.25) is 0 Å². The first-order valence-corrected chi connectivity index (χ1v) is 2.89. The summed E-state index contributed by atoms with van der Waals surface area (Å²) in [5, 5.41) is 9.62. The summed E-state index contributed by atoms with van der Waals surface area (Å²) in [5.41, 5.74) is -1.95. The minimum absolute atomic E-state index is 0.214. The van der Waals surface area contributed by atoms with Crippen molar-refractivity contribution in [1.82, 2.24) is 0 Å². The zero-order valence-corrected chi connectivity index (χ0v) is 6.05. The van der Waals surface area contributed by atoms with Crippen molar-refractivity contribution in [2.45, 2.75) is 13.1 Å². The van der Waals surface area contributed by atoms with Gasteiger partial charge in [-0.1, -0.05) is 5.16 Å².